The van der Waals surface area contributed by atoms with Gasteiger partial charge in [0.15, 0.2) is 0 Å². The molecule has 1 aliphatic rings. The maximum Gasteiger partial charge on any atom is 0.223 e. The minimum absolute atomic E-state index is 0. The lowest BCUT2D eigenvalue weighted by molar-refractivity contribution is -0.126. The fraction of sp³-hybridized carbons (Fsp3) is 0.611. The predicted octanol–water partition coefficient (Wildman–Crippen LogP) is 2.83. The number of piperidine rings is 1. The molecule has 1 heterocycles. The van der Waals surface area contributed by atoms with Crippen LogP contribution in [0.3, 0.4) is 0 Å². The molecule has 2 rings (SSSR count). The lowest BCUT2D eigenvalue weighted by Gasteiger charge is -2.27. The van der Waals surface area contributed by atoms with Gasteiger partial charge in [-0.1, -0.05) is 18.2 Å². The van der Waals surface area contributed by atoms with Gasteiger partial charge in [-0.15, -0.1) is 12.4 Å². The highest BCUT2D eigenvalue weighted by Crippen LogP contribution is 2.16. The number of amides is 1. The number of nitrogens with one attached hydrogen (secondary N) is 2. The summed E-state index contributed by atoms with van der Waals surface area (Å²) in [6.07, 6.45) is 4.05. The van der Waals surface area contributed by atoms with E-state index < -0.39 is 0 Å². The molecule has 0 radical (unpaired) electrons. The molecular formula is C18H30ClN3O. The molecule has 1 aromatic carbocycles. The van der Waals surface area contributed by atoms with Crippen LogP contribution in [0.5, 0.6) is 0 Å². The standard InChI is InChI=1S/C18H29N3O.ClH/c1-15-14-16(10-12-19-15)18(22)20-11-6-7-13-21(2)17-8-4-3-5-9-17;/h3-5,8-9,15-16,19H,6-7,10-14H2,1-2H3,(H,20,22);1H/t15-,16-;/m0./s1. The highest BCUT2D eigenvalue weighted by Gasteiger charge is 2.24. The van der Waals surface area contributed by atoms with Crippen LogP contribution in [0.25, 0.3) is 0 Å². The van der Waals surface area contributed by atoms with Crippen LogP contribution in [0.2, 0.25) is 0 Å². The minimum atomic E-state index is 0. The quantitative estimate of drug-likeness (QED) is 0.751. The number of halogens is 1. The van der Waals surface area contributed by atoms with Gasteiger partial charge in [-0.2, -0.15) is 0 Å². The van der Waals surface area contributed by atoms with Crippen molar-refractivity contribution in [1.82, 2.24) is 10.6 Å². The van der Waals surface area contributed by atoms with Gasteiger partial charge in [0, 0.05) is 37.8 Å². The molecule has 0 aromatic heterocycles. The van der Waals surface area contributed by atoms with Crippen LogP contribution in [-0.2, 0) is 4.79 Å². The van der Waals surface area contributed by atoms with Crippen molar-refractivity contribution < 1.29 is 4.79 Å². The summed E-state index contributed by atoms with van der Waals surface area (Å²) >= 11 is 0. The van der Waals surface area contributed by atoms with Gasteiger partial charge in [-0.05, 0) is 51.3 Å². The summed E-state index contributed by atoms with van der Waals surface area (Å²) < 4.78 is 0. The third-order valence-corrected chi connectivity index (χ3v) is 4.41. The average Bonchev–Trinajstić information content (AvgIpc) is 2.55. The van der Waals surface area contributed by atoms with Crippen molar-refractivity contribution >= 4 is 24.0 Å². The van der Waals surface area contributed by atoms with E-state index >= 15 is 0 Å². The Morgan fingerprint density at radius 3 is 2.74 bits per heavy atom. The van der Waals surface area contributed by atoms with Gasteiger partial charge in [0.1, 0.15) is 0 Å². The normalized spacial score (nSPS) is 20.4. The Balaban J connectivity index is 0.00000264. The molecule has 2 N–H and O–H groups in total. The summed E-state index contributed by atoms with van der Waals surface area (Å²) in [5.41, 5.74) is 1.25. The lowest BCUT2D eigenvalue weighted by atomic mass is 9.92. The molecule has 5 heteroatoms. The van der Waals surface area contributed by atoms with E-state index in [0.29, 0.717) is 6.04 Å². The van der Waals surface area contributed by atoms with Gasteiger partial charge < -0.3 is 15.5 Å². The molecule has 0 unspecified atom stereocenters. The van der Waals surface area contributed by atoms with Crippen LogP contribution in [0.15, 0.2) is 30.3 Å². The number of carbonyl (C=O) groups excluding carboxylic acids is 1. The number of carbonyl (C=O) groups is 1. The molecule has 1 aromatic rings. The van der Waals surface area contributed by atoms with Crippen LogP contribution in [0.1, 0.15) is 32.6 Å². The maximum atomic E-state index is 12.1. The Labute approximate surface area is 146 Å². The summed E-state index contributed by atoms with van der Waals surface area (Å²) in [5.74, 6) is 0.438. The second-order valence-corrected chi connectivity index (χ2v) is 6.33. The first-order valence-electron chi connectivity index (χ1n) is 8.44. The zero-order valence-electron chi connectivity index (χ0n) is 14.3. The van der Waals surface area contributed by atoms with E-state index in [1.54, 1.807) is 0 Å². The van der Waals surface area contributed by atoms with E-state index in [4.69, 9.17) is 0 Å². The van der Waals surface area contributed by atoms with E-state index in [1.165, 1.54) is 5.69 Å². The molecule has 1 aliphatic heterocycles. The number of nitrogens with zero attached hydrogens (tertiary/aromatic N) is 1. The van der Waals surface area contributed by atoms with Crippen LogP contribution in [-0.4, -0.2) is 38.6 Å². The average molecular weight is 340 g/mol. The van der Waals surface area contributed by atoms with E-state index in [9.17, 15) is 4.79 Å². The molecule has 0 spiro atoms. The van der Waals surface area contributed by atoms with Crippen LogP contribution in [0.4, 0.5) is 5.69 Å². The third-order valence-electron chi connectivity index (χ3n) is 4.41. The summed E-state index contributed by atoms with van der Waals surface area (Å²) in [7, 11) is 2.12. The monoisotopic (exact) mass is 339 g/mol. The van der Waals surface area contributed by atoms with E-state index in [-0.39, 0.29) is 24.2 Å². The molecule has 0 bridgehead atoms. The molecular weight excluding hydrogens is 310 g/mol. The second-order valence-electron chi connectivity index (χ2n) is 6.33. The van der Waals surface area contributed by atoms with Crippen LogP contribution >= 0.6 is 12.4 Å². The summed E-state index contributed by atoms with van der Waals surface area (Å²) in [6.45, 7) is 4.92. The van der Waals surface area contributed by atoms with Crippen LogP contribution < -0.4 is 15.5 Å². The number of benzene rings is 1. The molecule has 4 nitrogen and oxygen atoms in total. The Morgan fingerprint density at radius 1 is 1.30 bits per heavy atom. The van der Waals surface area contributed by atoms with Crippen molar-refractivity contribution in [3.63, 3.8) is 0 Å². The van der Waals surface area contributed by atoms with Crippen molar-refractivity contribution in [2.75, 3.05) is 31.6 Å². The van der Waals surface area contributed by atoms with Crippen molar-refractivity contribution in [1.29, 1.82) is 0 Å². The molecule has 2 atom stereocenters. The van der Waals surface area contributed by atoms with Crippen molar-refractivity contribution in [2.24, 2.45) is 5.92 Å². The van der Waals surface area contributed by atoms with E-state index in [0.717, 1.165) is 45.3 Å². The molecule has 23 heavy (non-hydrogen) atoms. The number of unbranched alkanes of at least 4 members (excludes halogenated alkanes) is 1. The maximum absolute atomic E-state index is 12.1. The van der Waals surface area contributed by atoms with E-state index in [2.05, 4.69) is 53.8 Å². The summed E-state index contributed by atoms with van der Waals surface area (Å²) in [6, 6.07) is 10.9. The zero-order valence-corrected chi connectivity index (χ0v) is 15.1. The highest BCUT2D eigenvalue weighted by molar-refractivity contribution is 5.85. The minimum Gasteiger partial charge on any atom is -0.375 e. The smallest absolute Gasteiger partial charge is 0.223 e. The first-order valence-corrected chi connectivity index (χ1v) is 8.44. The van der Waals surface area contributed by atoms with Gasteiger partial charge in [-0.25, -0.2) is 0 Å². The van der Waals surface area contributed by atoms with Crippen molar-refractivity contribution in [3.8, 4) is 0 Å². The number of rotatable bonds is 7. The van der Waals surface area contributed by atoms with Gasteiger partial charge in [-0.3, -0.25) is 4.79 Å². The zero-order chi connectivity index (χ0) is 15.8. The largest absolute Gasteiger partial charge is 0.375 e. The van der Waals surface area contributed by atoms with Crippen molar-refractivity contribution in [2.45, 2.75) is 38.6 Å². The first-order chi connectivity index (χ1) is 10.7. The second kappa shape index (κ2) is 10.5. The Morgan fingerprint density at radius 2 is 2.04 bits per heavy atom. The Kier molecular flexibility index (Phi) is 9.03. The lowest BCUT2D eigenvalue weighted by Crippen LogP contribution is -2.42. The van der Waals surface area contributed by atoms with Crippen LogP contribution in [0, 0.1) is 5.92 Å². The Hall–Kier alpha value is -1.26. The Bertz CT molecular complexity index is 455. The van der Waals surface area contributed by atoms with Gasteiger partial charge >= 0.3 is 0 Å². The number of hydrogen-bond donors (Lipinski definition) is 2. The molecule has 1 saturated heterocycles. The third kappa shape index (κ3) is 6.80. The number of para-hydroxylation sites is 1. The molecule has 130 valence electrons. The fourth-order valence-electron chi connectivity index (χ4n) is 3.01. The fourth-order valence-corrected chi connectivity index (χ4v) is 3.01. The topological polar surface area (TPSA) is 44.4 Å². The SMILES string of the molecule is C[C@H]1C[C@@H](C(=O)NCCCCN(C)c2ccccc2)CCN1.Cl. The predicted molar refractivity (Wildman–Crippen MR) is 99.4 cm³/mol. The number of anilines is 1. The molecule has 0 saturated carbocycles. The van der Waals surface area contributed by atoms with E-state index in [1.807, 2.05) is 6.07 Å². The van der Waals surface area contributed by atoms with Gasteiger partial charge in [0.2, 0.25) is 5.91 Å². The molecule has 0 aliphatic carbocycles. The number of hydrogen-bond acceptors (Lipinski definition) is 3. The van der Waals surface area contributed by atoms with Gasteiger partial charge in [0.05, 0.1) is 0 Å². The molecule has 1 amide bonds. The first kappa shape index (κ1) is 19.8. The van der Waals surface area contributed by atoms with Gasteiger partial charge in [0.25, 0.3) is 0 Å². The summed E-state index contributed by atoms with van der Waals surface area (Å²) in [5, 5.41) is 6.49. The van der Waals surface area contributed by atoms with Crippen molar-refractivity contribution in [3.05, 3.63) is 30.3 Å². The molecule has 1 fully saturated rings. The highest BCUT2D eigenvalue weighted by atomic mass is 35.5. The summed E-state index contributed by atoms with van der Waals surface area (Å²) in [4.78, 5) is 14.4.